The first-order valence-electron chi connectivity index (χ1n) is 5.30. The molecule has 2 aromatic carbocycles. The van der Waals surface area contributed by atoms with Crippen LogP contribution in [-0.2, 0) is 0 Å². The van der Waals surface area contributed by atoms with Gasteiger partial charge in [-0.15, -0.1) is 0 Å². The van der Waals surface area contributed by atoms with Gasteiger partial charge in [-0.1, -0.05) is 11.6 Å². The minimum absolute atomic E-state index is 0.0800. The van der Waals surface area contributed by atoms with Crippen molar-refractivity contribution in [2.45, 2.75) is 0 Å². The van der Waals surface area contributed by atoms with Crippen LogP contribution in [0.3, 0.4) is 0 Å². The van der Waals surface area contributed by atoms with Crippen LogP contribution in [0.4, 0.5) is 17.1 Å². The number of nitrogens with zero attached hydrogens (tertiary/aromatic N) is 2. The van der Waals surface area contributed by atoms with Crippen molar-refractivity contribution in [2.24, 2.45) is 0 Å². The van der Waals surface area contributed by atoms with Gasteiger partial charge < -0.3 is 5.32 Å². The highest BCUT2D eigenvalue weighted by Gasteiger charge is 2.09. The number of hydrogen-bond donors (Lipinski definition) is 1. The number of nitro benzene ring substituents is 1. The summed E-state index contributed by atoms with van der Waals surface area (Å²) in [6, 6.07) is 13.0. The maximum atomic E-state index is 10.7. The fourth-order valence-electron chi connectivity index (χ4n) is 1.55. The van der Waals surface area contributed by atoms with Gasteiger partial charge in [-0.2, -0.15) is 5.26 Å². The van der Waals surface area contributed by atoms with E-state index in [1.165, 1.54) is 12.1 Å². The topological polar surface area (TPSA) is 79.0 Å². The van der Waals surface area contributed by atoms with E-state index in [1.54, 1.807) is 30.3 Å². The van der Waals surface area contributed by atoms with Gasteiger partial charge >= 0.3 is 0 Å². The number of anilines is 2. The molecule has 0 unspecified atom stereocenters. The molecule has 5 nitrogen and oxygen atoms in total. The van der Waals surface area contributed by atoms with Crippen molar-refractivity contribution >= 4 is 28.7 Å². The van der Waals surface area contributed by atoms with E-state index in [9.17, 15) is 10.1 Å². The van der Waals surface area contributed by atoms with Gasteiger partial charge in [0.15, 0.2) is 0 Å². The Morgan fingerprint density at radius 1 is 1.16 bits per heavy atom. The van der Waals surface area contributed by atoms with Gasteiger partial charge in [-0.3, -0.25) is 10.1 Å². The van der Waals surface area contributed by atoms with Crippen LogP contribution in [-0.4, -0.2) is 4.92 Å². The number of halogens is 1. The van der Waals surface area contributed by atoms with E-state index in [0.29, 0.717) is 11.3 Å². The maximum Gasteiger partial charge on any atom is 0.272 e. The molecule has 6 heteroatoms. The molecule has 0 aromatic heterocycles. The minimum Gasteiger partial charge on any atom is -0.355 e. The summed E-state index contributed by atoms with van der Waals surface area (Å²) in [6.07, 6.45) is 0. The smallest absolute Gasteiger partial charge is 0.272 e. The highest BCUT2D eigenvalue weighted by molar-refractivity contribution is 6.31. The fourth-order valence-corrected chi connectivity index (χ4v) is 1.78. The summed E-state index contributed by atoms with van der Waals surface area (Å²) >= 11 is 5.82. The molecule has 94 valence electrons. The highest BCUT2D eigenvalue weighted by Crippen LogP contribution is 2.26. The van der Waals surface area contributed by atoms with Crippen LogP contribution in [0.2, 0.25) is 5.02 Å². The van der Waals surface area contributed by atoms with Crippen LogP contribution in [0.15, 0.2) is 42.5 Å². The van der Waals surface area contributed by atoms with E-state index in [0.717, 1.165) is 5.69 Å². The Hall–Kier alpha value is -2.58. The molecule has 0 aliphatic heterocycles. The number of rotatable bonds is 3. The minimum atomic E-state index is -0.504. The third kappa shape index (κ3) is 3.21. The quantitative estimate of drug-likeness (QED) is 0.680. The molecule has 0 heterocycles. The first-order chi connectivity index (χ1) is 9.08. The fraction of sp³-hybridized carbons (Fsp3) is 0. The molecule has 0 aliphatic carbocycles. The molecule has 1 N–H and O–H groups in total. The van der Waals surface area contributed by atoms with Gasteiger partial charge in [-0.25, -0.2) is 0 Å². The molecule has 0 bridgehead atoms. The van der Waals surface area contributed by atoms with Crippen molar-refractivity contribution in [3.8, 4) is 6.07 Å². The zero-order chi connectivity index (χ0) is 13.8. The maximum absolute atomic E-state index is 10.7. The molecule has 0 fully saturated rings. The summed E-state index contributed by atoms with van der Waals surface area (Å²) in [5.41, 5.74) is 1.70. The molecular weight excluding hydrogens is 266 g/mol. The van der Waals surface area contributed by atoms with Crippen molar-refractivity contribution in [3.63, 3.8) is 0 Å². The summed E-state index contributed by atoms with van der Waals surface area (Å²) in [5.74, 6) is 0. The molecule has 0 aliphatic rings. The number of hydrogen-bond acceptors (Lipinski definition) is 4. The number of benzene rings is 2. The second-order valence-corrected chi connectivity index (χ2v) is 4.21. The number of nitriles is 1. The summed E-state index contributed by atoms with van der Waals surface area (Å²) in [7, 11) is 0. The number of nitro groups is 1. The van der Waals surface area contributed by atoms with Gasteiger partial charge in [0.05, 0.1) is 16.6 Å². The average molecular weight is 274 g/mol. The molecule has 0 atom stereocenters. The molecule has 19 heavy (non-hydrogen) atoms. The molecule has 2 rings (SSSR count). The lowest BCUT2D eigenvalue weighted by Gasteiger charge is -2.06. The molecule has 0 saturated heterocycles. The Balaban J connectivity index is 2.27. The Morgan fingerprint density at radius 3 is 2.42 bits per heavy atom. The van der Waals surface area contributed by atoms with Crippen molar-refractivity contribution in [1.29, 1.82) is 5.26 Å². The van der Waals surface area contributed by atoms with Crippen LogP contribution in [0.1, 0.15) is 5.56 Å². The van der Waals surface area contributed by atoms with Gasteiger partial charge in [0, 0.05) is 28.5 Å². The first kappa shape index (κ1) is 12.9. The van der Waals surface area contributed by atoms with Crippen LogP contribution in [0, 0.1) is 21.4 Å². The largest absolute Gasteiger partial charge is 0.355 e. The summed E-state index contributed by atoms with van der Waals surface area (Å²) < 4.78 is 0. The standard InChI is InChI=1S/C13H8ClN3O2/c14-10-5-12(7-13(6-10)17(18)19)16-11-3-1-9(8-15)2-4-11/h1-7,16H. The lowest BCUT2D eigenvalue weighted by molar-refractivity contribution is -0.384. The third-order valence-corrected chi connectivity index (χ3v) is 2.61. The van der Waals surface area contributed by atoms with Gasteiger partial charge in [0.2, 0.25) is 0 Å². The highest BCUT2D eigenvalue weighted by atomic mass is 35.5. The molecule has 0 amide bonds. The second kappa shape index (κ2) is 5.38. The van der Waals surface area contributed by atoms with E-state index in [1.807, 2.05) is 6.07 Å². The molecule has 0 spiro atoms. The average Bonchev–Trinajstić information content (AvgIpc) is 2.39. The lowest BCUT2D eigenvalue weighted by Crippen LogP contribution is -1.93. The van der Waals surface area contributed by atoms with Crippen molar-refractivity contribution in [3.05, 3.63) is 63.2 Å². The van der Waals surface area contributed by atoms with Crippen LogP contribution < -0.4 is 5.32 Å². The predicted octanol–water partition coefficient (Wildman–Crippen LogP) is 3.86. The normalized spacial score (nSPS) is 9.68. The monoisotopic (exact) mass is 273 g/mol. The van der Waals surface area contributed by atoms with Gasteiger partial charge in [-0.05, 0) is 30.3 Å². The van der Waals surface area contributed by atoms with Crippen molar-refractivity contribution < 1.29 is 4.92 Å². The van der Waals surface area contributed by atoms with E-state index < -0.39 is 4.92 Å². The summed E-state index contributed by atoms with van der Waals surface area (Å²) in [5, 5.41) is 22.7. The summed E-state index contributed by atoms with van der Waals surface area (Å²) in [6.45, 7) is 0. The zero-order valence-electron chi connectivity index (χ0n) is 9.63. The first-order valence-corrected chi connectivity index (χ1v) is 5.68. The van der Waals surface area contributed by atoms with E-state index in [-0.39, 0.29) is 10.7 Å². The third-order valence-electron chi connectivity index (χ3n) is 2.40. The summed E-state index contributed by atoms with van der Waals surface area (Å²) in [4.78, 5) is 10.2. The predicted molar refractivity (Wildman–Crippen MR) is 72.5 cm³/mol. The van der Waals surface area contributed by atoms with E-state index in [4.69, 9.17) is 16.9 Å². The van der Waals surface area contributed by atoms with Gasteiger partial charge in [0.25, 0.3) is 5.69 Å². The van der Waals surface area contributed by atoms with Crippen LogP contribution in [0.5, 0.6) is 0 Å². The van der Waals surface area contributed by atoms with E-state index in [2.05, 4.69) is 5.32 Å². The molecule has 2 aromatic rings. The van der Waals surface area contributed by atoms with Crippen molar-refractivity contribution in [2.75, 3.05) is 5.32 Å². The van der Waals surface area contributed by atoms with E-state index >= 15 is 0 Å². The molecule has 0 saturated carbocycles. The zero-order valence-corrected chi connectivity index (χ0v) is 10.4. The van der Waals surface area contributed by atoms with Gasteiger partial charge in [0.1, 0.15) is 0 Å². The lowest BCUT2D eigenvalue weighted by atomic mass is 10.2. The number of non-ortho nitro benzene ring substituents is 1. The second-order valence-electron chi connectivity index (χ2n) is 3.77. The Labute approximate surface area is 114 Å². The van der Waals surface area contributed by atoms with Crippen LogP contribution >= 0.6 is 11.6 Å². The number of nitrogens with one attached hydrogen (secondary N) is 1. The SMILES string of the molecule is N#Cc1ccc(Nc2cc(Cl)cc([N+](=O)[O-])c2)cc1. The van der Waals surface area contributed by atoms with Crippen LogP contribution in [0.25, 0.3) is 0 Å². The van der Waals surface area contributed by atoms with Crippen molar-refractivity contribution in [1.82, 2.24) is 0 Å². The molecular formula is C13H8ClN3O2. The molecule has 0 radical (unpaired) electrons. The Morgan fingerprint density at radius 2 is 1.84 bits per heavy atom. The Kier molecular flexibility index (Phi) is 3.64. The Bertz CT molecular complexity index is 663.